The molecule has 0 spiro atoms. The van der Waals surface area contributed by atoms with Crippen molar-refractivity contribution in [2.45, 2.75) is 25.3 Å². The molecule has 1 unspecified atom stereocenters. The third-order valence-corrected chi connectivity index (χ3v) is 3.28. The number of benzene rings is 1. The Bertz CT molecular complexity index is 442. The van der Waals surface area contributed by atoms with Crippen molar-refractivity contribution < 1.29 is 17.9 Å². The molecule has 0 amide bonds. The topological polar surface area (TPSA) is 21.3 Å². The van der Waals surface area contributed by atoms with Gasteiger partial charge in [-0.2, -0.15) is 4.39 Å². The number of ether oxygens (including phenoxy) is 1. The fourth-order valence-corrected chi connectivity index (χ4v) is 2.31. The quantitative estimate of drug-likeness (QED) is 0.809. The van der Waals surface area contributed by atoms with Crippen LogP contribution in [0.4, 0.5) is 13.2 Å². The zero-order chi connectivity index (χ0) is 12.6. The van der Waals surface area contributed by atoms with E-state index in [1.54, 1.807) is 0 Å². The monoisotopic (exact) mass is 245 g/mol. The molecule has 0 saturated carbocycles. The van der Waals surface area contributed by atoms with Crippen molar-refractivity contribution in [1.29, 1.82) is 0 Å². The molecule has 5 heteroatoms. The summed E-state index contributed by atoms with van der Waals surface area (Å²) < 4.78 is 44.8. The fraction of sp³-hybridized carbons (Fsp3) is 0.500. The molecule has 2 nitrogen and oxygen atoms in total. The van der Waals surface area contributed by atoms with Gasteiger partial charge in [0.05, 0.1) is 7.11 Å². The Morgan fingerprint density at radius 1 is 1.29 bits per heavy atom. The van der Waals surface area contributed by atoms with Gasteiger partial charge in [0.15, 0.2) is 17.4 Å². The van der Waals surface area contributed by atoms with E-state index in [-0.39, 0.29) is 5.75 Å². The first-order chi connectivity index (χ1) is 7.99. The van der Waals surface area contributed by atoms with E-state index in [4.69, 9.17) is 4.74 Å². The highest BCUT2D eigenvalue weighted by atomic mass is 19.2. The zero-order valence-electron chi connectivity index (χ0n) is 9.74. The summed E-state index contributed by atoms with van der Waals surface area (Å²) >= 11 is 0. The predicted molar refractivity (Wildman–Crippen MR) is 57.5 cm³/mol. The zero-order valence-corrected chi connectivity index (χ0v) is 9.74. The standard InChI is InChI=1S/C12H14F3NO/c1-12(4-3-5-16-12)7-6-8(13)9(14)10(15)11(7)17-2/h6,16H,3-5H2,1-2H3. The van der Waals surface area contributed by atoms with Gasteiger partial charge in [-0.3, -0.25) is 0 Å². The lowest BCUT2D eigenvalue weighted by molar-refractivity contribution is 0.331. The van der Waals surface area contributed by atoms with E-state index >= 15 is 0 Å². The molecular formula is C12H14F3NO. The van der Waals surface area contributed by atoms with Crippen LogP contribution in [-0.4, -0.2) is 13.7 Å². The van der Waals surface area contributed by atoms with E-state index in [2.05, 4.69) is 5.32 Å². The Hall–Kier alpha value is -1.23. The maximum absolute atomic E-state index is 13.6. The smallest absolute Gasteiger partial charge is 0.204 e. The van der Waals surface area contributed by atoms with Gasteiger partial charge in [0.1, 0.15) is 0 Å². The molecule has 0 radical (unpaired) electrons. The molecule has 1 aromatic rings. The van der Waals surface area contributed by atoms with E-state index < -0.39 is 23.0 Å². The second-order valence-electron chi connectivity index (χ2n) is 4.43. The van der Waals surface area contributed by atoms with Crippen LogP contribution in [0, 0.1) is 17.5 Å². The maximum Gasteiger partial charge on any atom is 0.204 e. The number of methoxy groups -OCH3 is 1. The average Bonchev–Trinajstić information content (AvgIpc) is 2.74. The molecule has 1 fully saturated rings. The summed E-state index contributed by atoms with van der Waals surface area (Å²) in [6, 6.07) is 1.01. The van der Waals surface area contributed by atoms with Crippen LogP contribution < -0.4 is 10.1 Å². The lowest BCUT2D eigenvalue weighted by Gasteiger charge is -2.27. The van der Waals surface area contributed by atoms with Gasteiger partial charge in [-0.15, -0.1) is 0 Å². The molecule has 1 aliphatic heterocycles. The number of rotatable bonds is 2. The highest BCUT2D eigenvalue weighted by Gasteiger charge is 2.35. The van der Waals surface area contributed by atoms with Gasteiger partial charge in [-0.05, 0) is 32.4 Å². The van der Waals surface area contributed by atoms with Crippen molar-refractivity contribution in [3.63, 3.8) is 0 Å². The Kier molecular flexibility index (Phi) is 3.03. The first-order valence-electron chi connectivity index (χ1n) is 5.46. The minimum Gasteiger partial charge on any atom is -0.493 e. The third-order valence-electron chi connectivity index (χ3n) is 3.28. The summed E-state index contributed by atoms with van der Waals surface area (Å²) in [5, 5.41) is 3.16. The van der Waals surface area contributed by atoms with Gasteiger partial charge in [0, 0.05) is 11.1 Å². The third kappa shape index (κ3) is 1.88. The van der Waals surface area contributed by atoms with E-state index in [1.165, 1.54) is 7.11 Å². The second-order valence-corrected chi connectivity index (χ2v) is 4.43. The van der Waals surface area contributed by atoms with Crippen molar-refractivity contribution >= 4 is 0 Å². The average molecular weight is 245 g/mol. The summed E-state index contributed by atoms with van der Waals surface area (Å²) in [6.07, 6.45) is 1.63. The molecule has 0 aliphatic carbocycles. The summed E-state index contributed by atoms with van der Waals surface area (Å²) in [7, 11) is 1.25. The van der Waals surface area contributed by atoms with E-state index in [0.717, 1.165) is 25.5 Å². The summed E-state index contributed by atoms with van der Waals surface area (Å²) in [4.78, 5) is 0. The van der Waals surface area contributed by atoms with Crippen molar-refractivity contribution in [2.24, 2.45) is 0 Å². The minimum absolute atomic E-state index is 0.221. The van der Waals surface area contributed by atoms with E-state index in [1.807, 2.05) is 6.92 Å². The lowest BCUT2D eigenvalue weighted by atomic mass is 9.89. The number of hydrogen-bond acceptors (Lipinski definition) is 2. The highest BCUT2D eigenvalue weighted by molar-refractivity contribution is 5.41. The van der Waals surface area contributed by atoms with E-state index in [9.17, 15) is 13.2 Å². The van der Waals surface area contributed by atoms with Gasteiger partial charge >= 0.3 is 0 Å². The SMILES string of the molecule is COc1c(C2(C)CCCN2)cc(F)c(F)c1F. The molecule has 1 saturated heterocycles. The second kappa shape index (κ2) is 4.22. The molecule has 1 aromatic carbocycles. The van der Waals surface area contributed by atoms with Gasteiger partial charge in [-0.1, -0.05) is 0 Å². The molecule has 17 heavy (non-hydrogen) atoms. The number of hydrogen-bond donors (Lipinski definition) is 1. The minimum atomic E-state index is -1.49. The van der Waals surface area contributed by atoms with Crippen molar-refractivity contribution in [3.8, 4) is 5.75 Å². The van der Waals surface area contributed by atoms with Crippen LogP contribution in [0.1, 0.15) is 25.3 Å². The first kappa shape index (κ1) is 12.2. The number of nitrogens with one attached hydrogen (secondary N) is 1. The summed E-state index contributed by atoms with van der Waals surface area (Å²) in [5.74, 6) is -4.17. The normalized spacial score (nSPS) is 24.1. The van der Waals surface area contributed by atoms with Crippen molar-refractivity contribution in [1.82, 2.24) is 5.32 Å². The van der Waals surface area contributed by atoms with Gasteiger partial charge in [0.2, 0.25) is 5.82 Å². The van der Waals surface area contributed by atoms with Crippen LogP contribution in [0.15, 0.2) is 6.07 Å². The Morgan fingerprint density at radius 2 is 2.00 bits per heavy atom. The van der Waals surface area contributed by atoms with Gasteiger partial charge in [0.25, 0.3) is 0 Å². The maximum atomic E-state index is 13.6. The van der Waals surface area contributed by atoms with Crippen LogP contribution in [0.2, 0.25) is 0 Å². The molecule has 2 rings (SSSR count). The molecule has 0 aromatic heterocycles. The van der Waals surface area contributed by atoms with Crippen LogP contribution in [0.5, 0.6) is 5.75 Å². The summed E-state index contributed by atoms with van der Waals surface area (Å²) in [5.41, 5.74) is -0.241. The van der Waals surface area contributed by atoms with Crippen molar-refractivity contribution in [2.75, 3.05) is 13.7 Å². The van der Waals surface area contributed by atoms with Crippen molar-refractivity contribution in [3.05, 3.63) is 29.1 Å². The van der Waals surface area contributed by atoms with Crippen LogP contribution in [-0.2, 0) is 5.54 Å². The largest absolute Gasteiger partial charge is 0.493 e. The molecule has 1 atom stereocenters. The van der Waals surface area contributed by atoms with Crippen LogP contribution >= 0.6 is 0 Å². The lowest BCUT2D eigenvalue weighted by Crippen LogP contribution is -2.34. The van der Waals surface area contributed by atoms with Gasteiger partial charge in [-0.25, -0.2) is 8.78 Å². The highest BCUT2D eigenvalue weighted by Crippen LogP contribution is 2.39. The molecule has 1 N–H and O–H groups in total. The van der Waals surface area contributed by atoms with Crippen LogP contribution in [0.25, 0.3) is 0 Å². The van der Waals surface area contributed by atoms with Gasteiger partial charge < -0.3 is 10.1 Å². The fourth-order valence-electron chi connectivity index (χ4n) is 2.31. The Balaban J connectivity index is 2.60. The summed E-state index contributed by atoms with van der Waals surface area (Å²) in [6.45, 7) is 2.59. The molecule has 94 valence electrons. The molecule has 0 bridgehead atoms. The van der Waals surface area contributed by atoms with E-state index in [0.29, 0.717) is 5.56 Å². The number of halogens is 3. The molecule has 1 heterocycles. The predicted octanol–water partition coefficient (Wildman–Crippen LogP) is 2.71. The molecular weight excluding hydrogens is 231 g/mol. The Labute approximate surface area is 97.8 Å². The van der Waals surface area contributed by atoms with Crippen LogP contribution in [0.3, 0.4) is 0 Å². The molecule has 1 aliphatic rings. The Morgan fingerprint density at radius 3 is 2.53 bits per heavy atom. The first-order valence-corrected chi connectivity index (χ1v) is 5.46.